The van der Waals surface area contributed by atoms with E-state index in [9.17, 15) is 18.4 Å². The molecule has 4 nitrogen and oxygen atoms in total. The summed E-state index contributed by atoms with van der Waals surface area (Å²) in [5.74, 6) is -0.323. The number of hydrogen-bond donors (Lipinski definition) is 0. The van der Waals surface area contributed by atoms with Gasteiger partial charge >= 0.3 is 12.6 Å². The first-order valence-corrected chi connectivity index (χ1v) is 7.00. The van der Waals surface area contributed by atoms with Gasteiger partial charge in [-0.3, -0.25) is 4.79 Å². The van der Waals surface area contributed by atoms with E-state index in [1.165, 1.54) is 55.5 Å². The van der Waals surface area contributed by atoms with E-state index < -0.39 is 12.6 Å². The average molecular weight is 332 g/mol. The lowest BCUT2D eigenvalue weighted by Gasteiger charge is -2.04. The molecule has 0 aliphatic rings. The van der Waals surface area contributed by atoms with E-state index in [0.717, 1.165) is 0 Å². The van der Waals surface area contributed by atoms with Crippen LogP contribution in [-0.2, 0) is 4.79 Å². The molecule has 0 N–H and O–H groups in total. The monoisotopic (exact) mass is 332 g/mol. The van der Waals surface area contributed by atoms with Crippen molar-refractivity contribution in [1.82, 2.24) is 0 Å². The SMILES string of the molecule is CC(=O)c1ccc(OC(=O)C=Cc2ccc(OC(F)F)cc2)cc1. The average Bonchev–Trinajstić information content (AvgIpc) is 2.54. The van der Waals surface area contributed by atoms with Crippen LogP contribution in [0.15, 0.2) is 54.6 Å². The highest BCUT2D eigenvalue weighted by atomic mass is 19.3. The van der Waals surface area contributed by atoms with E-state index in [0.29, 0.717) is 16.9 Å². The van der Waals surface area contributed by atoms with Crippen LogP contribution in [-0.4, -0.2) is 18.4 Å². The Kier molecular flexibility index (Phi) is 5.78. The summed E-state index contributed by atoms with van der Waals surface area (Å²) >= 11 is 0. The molecule has 0 aliphatic carbocycles. The number of hydrogen-bond acceptors (Lipinski definition) is 4. The maximum atomic E-state index is 12.0. The minimum Gasteiger partial charge on any atom is -0.435 e. The summed E-state index contributed by atoms with van der Waals surface area (Å²) in [6.45, 7) is -1.43. The van der Waals surface area contributed by atoms with Gasteiger partial charge < -0.3 is 9.47 Å². The first-order chi connectivity index (χ1) is 11.4. The molecule has 0 unspecified atom stereocenters. The Morgan fingerprint density at radius 1 is 0.958 bits per heavy atom. The molecular formula is C18H14F2O4. The quantitative estimate of drug-likeness (QED) is 0.346. The van der Waals surface area contributed by atoms with Crippen molar-refractivity contribution < 1.29 is 27.8 Å². The lowest BCUT2D eigenvalue weighted by atomic mass is 10.1. The highest BCUT2D eigenvalue weighted by Gasteiger charge is 2.04. The zero-order chi connectivity index (χ0) is 17.5. The van der Waals surface area contributed by atoms with Crippen LogP contribution in [0, 0.1) is 0 Å². The number of alkyl halides is 2. The van der Waals surface area contributed by atoms with Gasteiger partial charge in [-0.1, -0.05) is 12.1 Å². The van der Waals surface area contributed by atoms with Gasteiger partial charge in [0.1, 0.15) is 11.5 Å². The maximum Gasteiger partial charge on any atom is 0.387 e. The molecule has 0 atom stereocenters. The van der Waals surface area contributed by atoms with Crippen LogP contribution in [0.4, 0.5) is 8.78 Å². The summed E-state index contributed by atoms with van der Waals surface area (Å²) in [7, 11) is 0. The molecule has 0 spiro atoms. The van der Waals surface area contributed by atoms with Crippen molar-refractivity contribution in [3.8, 4) is 11.5 Å². The normalized spacial score (nSPS) is 10.8. The Morgan fingerprint density at radius 3 is 2.08 bits per heavy atom. The first-order valence-electron chi connectivity index (χ1n) is 7.00. The van der Waals surface area contributed by atoms with E-state index in [1.807, 2.05) is 0 Å². The molecule has 0 fully saturated rings. The van der Waals surface area contributed by atoms with Crippen molar-refractivity contribution in [3.05, 3.63) is 65.7 Å². The summed E-state index contributed by atoms with van der Waals surface area (Å²) in [6, 6.07) is 12.0. The molecule has 24 heavy (non-hydrogen) atoms. The third kappa shape index (κ3) is 5.31. The summed E-state index contributed by atoms with van der Waals surface area (Å²) in [5, 5.41) is 0. The molecule has 0 saturated heterocycles. The molecule has 0 aliphatic heterocycles. The second-order valence-electron chi connectivity index (χ2n) is 4.78. The van der Waals surface area contributed by atoms with Crippen molar-refractivity contribution in [3.63, 3.8) is 0 Å². The second kappa shape index (κ2) is 8.01. The zero-order valence-corrected chi connectivity index (χ0v) is 12.7. The largest absolute Gasteiger partial charge is 0.435 e. The van der Waals surface area contributed by atoms with Gasteiger partial charge in [-0.05, 0) is 55.0 Å². The summed E-state index contributed by atoms with van der Waals surface area (Å²) in [4.78, 5) is 22.9. The van der Waals surface area contributed by atoms with Crippen molar-refractivity contribution in [2.24, 2.45) is 0 Å². The van der Waals surface area contributed by atoms with Crippen LogP contribution >= 0.6 is 0 Å². The van der Waals surface area contributed by atoms with Crippen molar-refractivity contribution in [1.29, 1.82) is 0 Å². The second-order valence-corrected chi connectivity index (χ2v) is 4.78. The van der Waals surface area contributed by atoms with Crippen molar-refractivity contribution >= 4 is 17.8 Å². The van der Waals surface area contributed by atoms with Gasteiger partial charge in [-0.25, -0.2) is 4.79 Å². The van der Waals surface area contributed by atoms with Gasteiger partial charge in [0.2, 0.25) is 0 Å². The Labute approximate surface area is 137 Å². The Bertz CT molecular complexity index is 735. The molecule has 0 amide bonds. The van der Waals surface area contributed by atoms with Gasteiger partial charge in [0, 0.05) is 11.6 Å². The molecule has 0 saturated carbocycles. The predicted molar refractivity (Wildman–Crippen MR) is 84.2 cm³/mol. The van der Waals surface area contributed by atoms with Gasteiger partial charge in [-0.15, -0.1) is 0 Å². The molecule has 0 radical (unpaired) electrons. The van der Waals surface area contributed by atoms with Crippen LogP contribution in [0.3, 0.4) is 0 Å². The molecule has 124 valence electrons. The number of benzene rings is 2. The number of halogens is 2. The maximum absolute atomic E-state index is 12.0. The minimum absolute atomic E-state index is 0.0373. The van der Waals surface area contributed by atoms with E-state index in [2.05, 4.69) is 4.74 Å². The van der Waals surface area contributed by atoms with Crippen molar-refractivity contribution in [2.75, 3.05) is 0 Å². The van der Waals surface area contributed by atoms with E-state index >= 15 is 0 Å². The number of esters is 1. The first kappa shape index (κ1) is 17.3. The van der Waals surface area contributed by atoms with Crippen LogP contribution in [0.5, 0.6) is 11.5 Å². The van der Waals surface area contributed by atoms with Crippen LogP contribution < -0.4 is 9.47 Å². The summed E-state index contributed by atoms with van der Waals surface area (Å²) < 4.78 is 33.4. The molecule has 0 heterocycles. The third-order valence-electron chi connectivity index (χ3n) is 3.00. The lowest BCUT2D eigenvalue weighted by molar-refractivity contribution is -0.128. The smallest absolute Gasteiger partial charge is 0.387 e. The fraction of sp³-hybridized carbons (Fsp3) is 0.111. The van der Waals surface area contributed by atoms with E-state index in [4.69, 9.17) is 4.74 Å². The van der Waals surface area contributed by atoms with Gasteiger partial charge in [0.05, 0.1) is 0 Å². The van der Waals surface area contributed by atoms with Gasteiger partial charge in [-0.2, -0.15) is 8.78 Å². The third-order valence-corrected chi connectivity index (χ3v) is 3.00. The van der Waals surface area contributed by atoms with Gasteiger partial charge in [0.15, 0.2) is 5.78 Å². The summed E-state index contributed by atoms with van der Waals surface area (Å²) in [5.41, 5.74) is 1.15. The number of ether oxygens (including phenoxy) is 2. The number of carbonyl (C=O) groups is 2. The molecule has 0 aromatic heterocycles. The highest BCUT2D eigenvalue weighted by Crippen LogP contribution is 2.16. The Hall–Kier alpha value is -3.02. The highest BCUT2D eigenvalue weighted by molar-refractivity contribution is 5.94. The molecule has 2 aromatic carbocycles. The number of carbonyl (C=O) groups excluding carboxylic acids is 2. The number of Topliss-reactive ketones (excluding diaryl/α,β-unsaturated/α-hetero) is 1. The lowest BCUT2D eigenvalue weighted by Crippen LogP contribution is -2.04. The molecular weight excluding hydrogens is 318 g/mol. The van der Waals surface area contributed by atoms with Gasteiger partial charge in [0.25, 0.3) is 0 Å². The molecule has 2 aromatic rings. The molecule has 2 rings (SSSR count). The minimum atomic E-state index is -2.88. The standard InChI is InChI=1S/C18H14F2O4/c1-12(21)14-5-9-15(10-6-14)23-17(22)11-4-13-2-7-16(8-3-13)24-18(19)20/h2-11,18H,1H3. The Morgan fingerprint density at radius 2 is 1.54 bits per heavy atom. The van der Waals surface area contributed by atoms with E-state index in [-0.39, 0.29) is 11.5 Å². The molecule has 0 bridgehead atoms. The topological polar surface area (TPSA) is 52.6 Å². The number of rotatable bonds is 6. The van der Waals surface area contributed by atoms with Crippen LogP contribution in [0.2, 0.25) is 0 Å². The zero-order valence-electron chi connectivity index (χ0n) is 12.7. The van der Waals surface area contributed by atoms with Crippen LogP contribution in [0.1, 0.15) is 22.8 Å². The number of ketones is 1. The fourth-order valence-electron chi connectivity index (χ4n) is 1.83. The summed E-state index contributed by atoms with van der Waals surface area (Å²) in [6.07, 6.45) is 2.69. The van der Waals surface area contributed by atoms with E-state index in [1.54, 1.807) is 12.1 Å². The predicted octanol–water partition coefficient (Wildman–Crippen LogP) is 4.11. The van der Waals surface area contributed by atoms with Crippen molar-refractivity contribution in [2.45, 2.75) is 13.5 Å². The Balaban J connectivity index is 1.93. The fourth-order valence-corrected chi connectivity index (χ4v) is 1.83. The van der Waals surface area contributed by atoms with Crippen LogP contribution in [0.25, 0.3) is 6.08 Å². The molecule has 6 heteroatoms.